The monoisotopic (exact) mass is 409 g/mol. The second-order valence-corrected chi connectivity index (χ2v) is 8.14. The Kier molecular flexibility index (Phi) is 5.60. The molecule has 0 unspecified atom stereocenters. The number of para-hydroxylation sites is 1. The number of fused-ring (bicyclic) bond motifs is 1. The summed E-state index contributed by atoms with van der Waals surface area (Å²) in [6.07, 6.45) is 0. The number of ether oxygens (including phenoxy) is 1. The third-order valence-electron chi connectivity index (χ3n) is 4.78. The molecule has 1 amide bonds. The second-order valence-electron chi connectivity index (χ2n) is 6.67. The van der Waals surface area contributed by atoms with Crippen molar-refractivity contribution in [3.8, 4) is 5.75 Å². The molecule has 5 heteroatoms. The van der Waals surface area contributed by atoms with Crippen LogP contribution in [0.4, 0.5) is 5.69 Å². The van der Waals surface area contributed by atoms with Crippen molar-refractivity contribution in [3.63, 3.8) is 0 Å². The van der Waals surface area contributed by atoms with Gasteiger partial charge in [-0.05, 0) is 48.4 Å². The fourth-order valence-corrected chi connectivity index (χ4v) is 4.63. The molecular weight excluding hydrogens is 390 g/mol. The van der Waals surface area contributed by atoms with Gasteiger partial charge in [-0.2, -0.15) is 0 Å². The van der Waals surface area contributed by atoms with Crippen LogP contribution >= 0.6 is 23.4 Å². The fraction of sp³-hybridized carbons (Fsp3) is 0.174. The summed E-state index contributed by atoms with van der Waals surface area (Å²) in [6, 6.07) is 23.6. The van der Waals surface area contributed by atoms with Gasteiger partial charge in [-0.15, -0.1) is 11.8 Å². The van der Waals surface area contributed by atoms with Gasteiger partial charge < -0.3 is 4.74 Å². The summed E-state index contributed by atoms with van der Waals surface area (Å²) in [6.45, 7) is 1.89. The first-order valence-corrected chi connectivity index (χ1v) is 10.5. The minimum Gasteiger partial charge on any atom is -0.484 e. The number of aryl methyl sites for hydroxylation is 1. The number of thioether (sulfide) groups is 1. The normalized spacial score (nSPS) is 15.8. The zero-order chi connectivity index (χ0) is 19.5. The van der Waals surface area contributed by atoms with Crippen LogP contribution in [0.3, 0.4) is 0 Å². The Hall–Kier alpha value is -2.43. The van der Waals surface area contributed by atoms with Crippen molar-refractivity contribution in [2.75, 3.05) is 17.3 Å². The molecular formula is C23H20ClNO2S. The highest BCUT2D eigenvalue weighted by Gasteiger charge is 2.32. The van der Waals surface area contributed by atoms with Crippen molar-refractivity contribution in [3.05, 3.63) is 88.9 Å². The lowest BCUT2D eigenvalue weighted by Crippen LogP contribution is -2.41. The topological polar surface area (TPSA) is 29.5 Å². The van der Waals surface area contributed by atoms with Gasteiger partial charge in [0.05, 0.1) is 11.7 Å². The van der Waals surface area contributed by atoms with E-state index in [1.54, 1.807) is 23.9 Å². The predicted molar refractivity (Wildman–Crippen MR) is 116 cm³/mol. The van der Waals surface area contributed by atoms with Crippen LogP contribution in [0.1, 0.15) is 17.2 Å². The molecule has 1 aliphatic rings. The van der Waals surface area contributed by atoms with Gasteiger partial charge in [-0.3, -0.25) is 9.69 Å². The number of nitrogens with zero attached hydrogens (tertiary/aromatic N) is 1. The molecule has 3 aromatic rings. The van der Waals surface area contributed by atoms with Crippen molar-refractivity contribution in [2.45, 2.75) is 17.9 Å². The highest BCUT2D eigenvalue weighted by atomic mass is 35.5. The molecule has 0 bridgehead atoms. The molecule has 1 atom stereocenters. The van der Waals surface area contributed by atoms with Gasteiger partial charge in [-0.1, -0.05) is 54.1 Å². The first-order chi connectivity index (χ1) is 13.6. The molecule has 0 fully saturated rings. The highest BCUT2D eigenvalue weighted by Crippen LogP contribution is 2.43. The zero-order valence-electron chi connectivity index (χ0n) is 15.5. The van der Waals surface area contributed by atoms with Gasteiger partial charge in [0.15, 0.2) is 6.61 Å². The van der Waals surface area contributed by atoms with E-state index in [0.29, 0.717) is 10.8 Å². The molecule has 0 aliphatic carbocycles. The molecule has 3 nitrogen and oxygen atoms in total. The number of benzene rings is 3. The summed E-state index contributed by atoms with van der Waals surface area (Å²) in [7, 11) is 0. The van der Waals surface area contributed by atoms with E-state index in [4.69, 9.17) is 16.3 Å². The molecule has 142 valence electrons. The molecule has 0 saturated carbocycles. The Bertz CT molecular complexity index is 993. The third-order valence-corrected chi connectivity index (χ3v) is 6.34. The lowest BCUT2D eigenvalue weighted by atomic mass is 10.1. The highest BCUT2D eigenvalue weighted by molar-refractivity contribution is 7.99. The van der Waals surface area contributed by atoms with E-state index < -0.39 is 0 Å². The zero-order valence-corrected chi connectivity index (χ0v) is 17.0. The SMILES string of the molecule is Cc1cc(OCC(=O)N2c3ccccc3SC[C@H]2c2ccccc2)ccc1Cl. The number of anilines is 1. The van der Waals surface area contributed by atoms with Crippen LogP contribution in [0.5, 0.6) is 5.75 Å². The minimum absolute atomic E-state index is 0.0239. The lowest BCUT2D eigenvalue weighted by molar-refractivity contribution is -0.121. The maximum absolute atomic E-state index is 13.2. The van der Waals surface area contributed by atoms with Gasteiger partial charge in [0.1, 0.15) is 5.75 Å². The summed E-state index contributed by atoms with van der Waals surface area (Å²) in [5.74, 6) is 1.40. The van der Waals surface area contributed by atoms with Gasteiger partial charge in [0.25, 0.3) is 5.91 Å². The van der Waals surface area contributed by atoms with Crippen molar-refractivity contribution in [1.29, 1.82) is 0 Å². The Labute approximate surface area is 174 Å². The predicted octanol–water partition coefficient (Wildman–Crippen LogP) is 5.91. The van der Waals surface area contributed by atoms with Crippen LogP contribution in [-0.4, -0.2) is 18.3 Å². The molecule has 0 N–H and O–H groups in total. The van der Waals surface area contributed by atoms with Crippen LogP contribution in [-0.2, 0) is 4.79 Å². The van der Waals surface area contributed by atoms with Crippen molar-refractivity contribution in [2.24, 2.45) is 0 Å². The molecule has 28 heavy (non-hydrogen) atoms. The van der Waals surface area contributed by atoms with Crippen LogP contribution in [0.15, 0.2) is 77.7 Å². The number of hydrogen-bond acceptors (Lipinski definition) is 3. The number of carbonyl (C=O) groups is 1. The average Bonchev–Trinajstić information content (AvgIpc) is 2.74. The van der Waals surface area contributed by atoms with Crippen LogP contribution in [0.2, 0.25) is 5.02 Å². The van der Waals surface area contributed by atoms with E-state index in [0.717, 1.165) is 27.5 Å². The maximum atomic E-state index is 13.2. The Morgan fingerprint density at radius 3 is 2.64 bits per heavy atom. The molecule has 0 saturated heterocycles. The number of amides is 1. The van der Waals surface area contributed by atoms with E-state index in [1.165, 1.54) is 0 Å². The number of rotatable bonds is 4. The smallest absolute Gasteiger partial charge is 0.265 e. The Balaban J connectivity index is 1.61. The lowest BCUT2D eigenvalue weighted by Gasteiger charge is -2.37. The standard InChI is InChI=1S/C23H20ClNO2S/c1-16-13-18(11-12-19(16)24)27-14-23(26)25-20-9-5-6-10-22(20)28-15-21(25)17-7-3-2-4-8-17/h2-13,21H,14-15H2,1H3/t21-/m0/s1. The van der Waals surface area contributed by atoms with Crippen LogP contribution < -0.4 is 9.64 Å². The molecule has 0 radical (unpaired) electrons. The Morgan fingerprint density at radius 2 is 1.86 bits per heavy atom. The summed E-state index contributed by atoms with van der Waals surface area (Å²) >= 11 is 7.86. The quantitative estimate of drug-likeness (QED) is 0.536. The van der Waals surface area contributed by atoms with E-state index in [-0.39, 0.29) is 18.6 Å². The molecule has 0 spiro atoms. The molecule has 3 aromatic carbocycles. The first-order valence-electron chi connectivity index (χ1n) is 9.11. The van der Waals surface area contributed by atoms with E-state index in [2.05, 4.69) is 18.2 Å². The first kappa shape index (κ1) is 18.9. The summed E-state index contributed by atoms with van der Waals surface area (Å²) < 4.78 is 5.80. The fourth-order valence-electron chi connectivity index (χ4n) is 3.34. The molecule has 1 heterocycles. The van der Waals surface area contributed by atoms with Crippen molar-refractivity contribution >= 4 is 35.0 Å². The minimum atomic E-state index is -0.0609. The Morgan fingerprint density at radius 1 is 1.11 bits per heavy atom. The maximum Gasteiger partial charge on any atom is 0.265 e. The number of carbonyl (C=O) groups excluding carboxylic acids is 1. The van der Waals surface area contributed by atoms with Gasteiger partial charge in [0.2, 0.25) is 0 Å². The van der Waals surface area contributed by atoms with Crippen molar-refractivity contribution in [1.82, 2.24) is 0 Å². The number of halogens is 1. The summed E-state index contributed by atoms with van der Waals surface area (Å²) in [5.41, 5.74) is 2.99. The molecule has 0 aromatic heterocycles. The molecule has 1 aliphatic heterocycles. The average molecular weight is 410 g/mol. The third kappa shape index (κ3) is 3.89. The second kappa shape index (κ2) is 8.29. The number of hydrogen-bond donors (Lipinski definition) is 0. The van der Waals surface area contributed by atoms with E-state index in [1.807, 2.05) is 54.3 Å². The van der Waals surface area contributed by atoms with Gasteiger partial charge in [0, 0.05) is 15.7 Å². The van der Waals surface area contributed by atoms with Gasteiger partial charge >= 0.3 is 0 Å². The summed E-state index contributed by atoms with van der Waals surface area (Å²) in [5, 5.41) is 0.685. The van der Waals surface area contributed by atoms with Crippen LogP contribution in [0, 0.1) is 6.92 Å². The van der Waals surface area contributed by atoms with Gasteiger partial charge in [-0.25, -0.2) is 0 Å². The van der Waals surface area contributed by atoms with Crippen LogP contribution in [0.25, 0.3) is 0 Å². The van der Waals surface area contributed by atoms with Crippen molar-refractivity contribution < 1.29 is 9.53 Å². The molecule has 4 rings (SSSR count). The largest absolute Gasteiger partial charge is 0.484 e. The van der Waals surface area contributed by atoms with E-state index in [9.17, 15) is 4.79 Å². The van der Waals surface area contributed by atoms with E-state index >= 15 is 0 Å². The summed E-state index contributed by atoms with van der Waals surface area (Å²) in [4.78, 5) is 16.2.